The Hall–Kier alpha value is -2.51. The number of carbonyl (C=O) groups excluding carboxylic acids is 1. The van der Waals surface area contributed by atoms with Gasteiger partial charge in [0.05, 0.1) is 18.2 Å². The van der Waals surface area contributed by atoms with Crippen molar-refractivity contribution in [2.24, 2.45) is 0 Å². The van der Waals surface area contributed by atoms with Crippen molar-refractivity contribution in [3.63, 3.8) is 0 Å². The first-order valence-corrected chi connectivity index (χ1v) is 7.26. The summed E-state index contributed by atoms with van der Waals surface area (Å²) >= 11 is 6.75. The highest BCUT2D eigenvalue weighted by Gasteiger charge is 2.48. The number of benzene rings is 2. The van der Waals surface area contributed by atoms with E-state index in [1.54, 1.807) is 36.4 Å². The maximum Gasteiger partial charge on any atom is 0.254 e. The average molecular weight is 313 g/mol. The zero-order valence-corrected chi connectivity index (χ0v) is 12.6. The molecule has 2 aromatic rings. The molecule has 0 aliphatic carbocycles. The lowest BCUT2D eigenvalue weighted by atomic mass is 9.90. The number of nitrogens with one attached hydrogen (secondary N) is 1. The second-order valence-corrected chi connectivity index (χ2v) is 5.48. The van der Waals surface area contributed by atoms with Crippen LogP contribution in [0.1, 0.15) is 23.6 Å². The van der Waals surface area contributed by atoms with Crippen LogP contribution in [0.2, 0.25) is 0 Å². The number of alkyl halides is 1. The third kappa shape index (κ3) is 2.02. The molecule has 1 unspecified atom stereocenters. The number of hydrogen-bond acceptors (Lipinski definition) is 3. The largest absolute Gasteiger partial charge is 0.494 e. The van der Waals surface area contributed by atoms with Crippen molar-refractivity contribution in [3.8, 4) is 11.8 Å². The highest BCUT2D eigenvalue weighted by atomic mass is 35.5. The molecule has 2 aromatic carbocycles. The molecule has 0 saturated carbocycles. The Labute approximate surface area is 133 Å². The van der Waals surface area contributed by atoms with E-state index in [9.17, 15) is 4.79 Å². The molecule has 1 aliphatic heterocycles. The van der Waals surface area contributed by atoms with E-state index >= 15 is 0 Å². The number of ether oxygens (including phenoxy) is 1. The molecule has 1 aliphatic rings. The number of para-hydroxylation sites is 1. The van der Waals surface area contributed by atoms with Gasteiger partial charge >= 0.3 is 0 Å². The lowest BCUT2D eigenvalue weighted by Gasteiger charge is -2.23. The minimum absolute atomic E-state index is 0.341. The molecule has 1 N–H and O–H groups in total. The Morgan fingerprint density at radius 3 is 2.77 bits per heavy atom. The zero-order valence-electron chi connectivity index (χ0n) is 11.9. The van der Waals surface area contributed by atoms with Gasteiger partial charge in [-0.15, -0.1) is 0 Å². The van der Waals surface area contributed by atoms with Crippen molar-refractivity contribution in [1.29, 1.82) is 5.26 Å². The van der Waals surface area contributed by atoms with Crippen molar-refractivity contribution in [2.75, 3.05) is 11.9 Å². The van der Waals surface area contributed by atoms with Gasteiger partial charge in [-0.3, -0.25) is 4.79 Å². The third-order valence-corrected chi connectivity index (χ3v) is 4.22. The average Bonchev–Trinajstić information content (AvgIpc) is 2.80. The van der Waals surface area contributed by atoms with Crippen LogP contribution >= 0.6 is 11.6 Å². The fourth-order valence-electron chi connectivity index (χ4n) is 2.64. The quantitative estimate of drug-likeness (QED) is 0.884. The van der Waals surface area contributed by atoms with Crippen molar-refractivity contribution >= 4 is 23.2 Å². The Kier molecular flexibility index (Phi) is 3.51. The molecule has 0 bridgehead atoms. The summed E-state index contributed by atoms with van der Waals surface area (Å²) in [5.41, 5.74) is 2.22. The number of nitriles is 1. The van der Waals surface area contributed by atoms with Gasteiger partial charge < -0.3 is 10.1 Å². The van der Waals surface area contributed by atoms with Gasteiger partial charge in [0.15, 0.2) is 4.87 Å². The number of nitrogens with zero attached hydrogens (tertiary/aromatic N) is 1. The van der Waals surface area contributed by atoms with Crippen LogP contribution in [0.5, 0.6) is 5.75 Å². The van der Waals surface area contributed by atoms with Crippen molar-refractivity contribution < 1.29 is 9.53 Å². The molecule has 3 rings (SSSR count). The first kappa shape index (κ1) is 14.4. The monoisotopic (exact) mass is 312 g/mol. The van der Waals surface area contributed by atoms with Crippen LogP contribution in [-0.2, 0) is 9.67 Å². The van der Waals surface area contributed by atoms with Crippen LogP contribution < -0.4 is 10.1 Å². The smallest absolute Gasteiger partial charge is 0.254 e. The Bertz CT molecular complexity index is 797. The summed E-state index contributed by atoms with van der Waals surface area (Å²) in [6, 6.07) is 14.2. The molecule has 0 radical (unpaired) electrons. The van der Waals surface area contributed by atoms with E-state index in [0.29, 0.717) is 34.7 Å². The van der Waals surface area contributed by atoms with E-state index in [1.807, 2.05) is 13.0 Å². The van der Waals surface area contributed by atoms with Crippen LogP contribution in [0.25, 0.3) is 0 Å². The van der Waals surface area contributed by atoms with E-state index in [4.69, 9.17) is 21.6 Å². The van der Waals surface area contributed by atoms with E-state index in [-0.39, 0.29) is 5.91 Å². The second-order valence-electron chi connectivity index (χ2n) is 4.91. The molecule has 1 heterocycles. The van der Waals surface area contributed by atoms with Crippen molar-refractivity contribution in [2.45, 2.75) is 11.8 Å². The molecular formula is C17H13ClN2O2. The predicted molar refractivity (Wildman–Crippen MR) is 84.0 cm³/mol. The third-order valence-electron chi connectivity index (χ3n) is 3.64. The predicted octanol–water partition coefficient (Wildman–Crippen LogP) is 3.39. The highest BCUT2D eigenvalue weighted by molar-refractivity contribution is 6.41. The summed E-state index contributed by atoms with van der Waals surface area (Å²) in [6.45, 7) is 2.34. The number of rotatable bonds is 3. The number of halogens is 1. The maximum absolute atomic E-state index is 12.5. The van der Waals surface area contributed by atoms with Crippen LogP contribution in [-0.4, -0.2) is 12.5 Å². The summed E-state index contributed by atoms with van der Waals surface area (Å²) in [7, 11) is 0. The number of anilines is 1. The Morgan fingerprint density at radius 2 is 2.05 bits per heavy atom. The van der Waals surface area contributed by atoms with Gasteiger partial charge in [-0.2, -0.15) is 5.26 Å². The minimum Gasteiger partial charge on any atom is -0.494 e. The summed E-state index contributed by atoms with van der Waals surface area (Å²) in [4.78, 5) is 11.1. The molecular weight excluding hydrogens is 300 g/mol. The molecule has 110 valence electrons. The molecule has 0 saturated heterocycles. The van der Waals surface area contributed by atoms with Gasteiger partial charge in [0, 0.05) is 16.8 Å². The van der Waals surface area contributed by atoms with Crippen LogP contribution in [0.3, 0.4) is 0 Å². The summed E-state index contributed by atoms with van der Waals surface area (Å²) in [5.74, 6) is 0.219. The van der Waals surface area contributed by atoms with Gasteiger partial charge in [-0.25, -0.2) is 0 Å². The fraction of sp³-hybridized carbons (Fsp3) is 0.176. The first-order valence-electron chi connectivity index (χ1n) is 6.88. The molecule has 0 aromatic heterocycles. The molecule has 0 spiro atoms. The Balaban J connectivity index is 2.23. The minimum atomic E-state index is -1.39. The lowest BCUT2D eigenvalue weighted by molar-refractivity contribution is -0.117. The molecule has 1 atom stereocenters. The summed E-state index contributed by atoms with van der Waals surface area (Å²) in [6.07, 6.45) is 0. The molecule has 22 heavy (non-hydrogen) atoms. The Morgan fingerprint density at radius 1 is 1.27 bits per heavy atom. The van der Waals surface area contributed by atoms with Crippen molar-refractivity contribution in [1.82, 2.24) is 0 Å². The SMILES string of the molecule is CCOc1ccccc1C1(Cl)C(=O)Nc2ccc(C#N)cc21. The maximum atomic E-state index is 12.5. The van der Waals surface area contributed by atoms with E-state index in [1.165, 1.54) is 0 Å². The fourth-order valence-corrected chi connectivity index (χ4v) is 3.00. The normalized spacial score (nSPS) is 19.2. The highest BCUT2D eigenvalue weighted by Crippen LogP contribution is 2.49. The summed E-state index contributed by atoms with van der Waals surface area (Å²) < 4.78 is 5.61. The molecule has 4 nitrogen and oxygen atoms in total. The lowest BCUT2D eigenvalue weighted by Crippen LogP contribution is -2.30. The van der Waals surface area contributed by atoms with Gasteiger partial charge in [-0.05, 0) is 31.2 Å². The van der Waals surface area contributed by atoms with E-state index < -0.39 is 4.87 Å². The van der Waals surface area contributed by atoms with E-state index in [2.05, 4.69) is 11.4 Å². The second kappa shape index (κ2) is 5.36. The van der Waals surface area contributed by atoms with Gasteiger partial charge in [0.2, 0.25) is 0 Å². The van der Waals surface area contributed by atoms with Crippen LogP contribution in [0.4, 0.5) is 5.69 Å². The molecule has 5 heteroatoms. The first-order chi connectivity index (χ1) is 10.6. The number of amides is 1. The number of carbonyl (C=O) groups is 1. The van der Waals surface area contributed by atoms with Crippen molar-refractivity contribution in [3.05, 3.63) is 59.2 Å². The molecule has 0 fully saturated rings. The zero-order chi connectivity index (χ0) is 15.7. The topological polar surface area (TPSA) is 62.1 Å². The standard InChI is InChI=1S/C17H13ClN2O2/c1-2-22-15-6-4-3-5-12(15)17(18)13-9-11(10-19)7-8-14(13)20-16(17)21/h3-9H,2H2,1H3,(H,20,21). The van der Waals surface area contributed by atoms with Crippen LogP contribution in [0.15, 0.2) is 42.5 Å². The van der Waals surface area contributed by atoms with Gasteiger partial charge in [-0.1, -0.05) is 29.8 Å². The van der Waals surface area contributed by atoms with E-state index in [0.717, 1.165) is 0 Å². The van der Waals surface area contributed by atoms with Crippen LogP contribution in [0, 0.1) is 11.3 Å². The summed E-state index contributed by atoms with van der Waals surface area (Å²) in [5, 5.41) is 11.9. The number of hydrogen-bond donors (Lipinski definition) is 1. The number of fused-ring (bicyclic) bond motifs is 1. The van der Waals surface area contributed by atoms with Gasteiger partial charge in [0.1, 0.15) is 5.75 Å². The molecule has 1 amide bonds. The van der Waals surface area contributed by atoms with Gasteiger partial charge in [0.25, 0.3) is 5.91 Å².